The van der Waals surface area contributed by atoms with E-state index in [4.69, 9.17) is 5.26 Å². The van der Waals surface area contributed by atoms with E-state index in [9.17, 15) is 8.42 Å². The van der Waals surface area contributed by atoms with Crippen LogP contribution in [0.1, 0.15) is 24.0 Å². The zero-order valence-electron chi connectivity index (χ0n) is 9.44. The Morgan fingerprint density at radius 3 is 2.82 bits per heavy atom. The Bertz CT molecular complexity index is 558. The fourth-order valence-corrected chi connectivity index (χ4v) is 3.12. The maximum absolute atomic E-state index is 11.9. The van der Waals surface area contributed by atoms with E-state index >= 15 is 0 Å². The second-order valence-electron chi connectivity index (χ2n) is 4.09. The Kier molecular flexibility index (Phi) is 3.46. The maximum Gasteiger partial charge on any atom is 0.240 e. The molecule has 1 aliphatic rings. The van der Waals surface area contributed by atoms with Crippen LogP contribution in [0.5, 0.6) is 0 Å². The van der Waals surface area contributed by atoms with Gasteiger partial charge in [-0.05, 0) is 42.5 Å². The molecule has 0 aromatic heterocycles. The SMILES string of the molecule is N#CCCNS(=O)(=O)c1ccc2c(c1)CCC2. The molecule has 1 aromatic carbocycles. The number of nitrogens with zero attached hydrogens (tertiary/aromatic N) is 1. The van der Waals surface area contributed by atoms with E-state index in [-0.39, 0.29) is 13.0 Å². The van der Waals surface area contributed by atoms with Crippen molar-refractivity contribution in [1.29, 1.82) is 5.26 Å². The third kappa shape index (κ3) is 2.65. The molecule has 1 N–H and O–H groups in total. The van der Waals surface area contributed by atoms with Crippen LogP contribution in [0.15, 0.2) is 23.1 Å². The first-order valence-corrected chi connectivity index (χ1v) is 7.10. The van der Waals surface area contributed by atoms with Crippen LogP contribution in [-0.2, 0) is 22.9 Å². The highest BCUT2D eigenvalue weighted by molar-refractivity contribution is 7.89. The van der Waals surface area contributed by atoms with Gasteiger partial charge < -0.3 is 0 Å². The van der Waals surface area contributed by atoms with Gasteiger partial charge >= 0.3 is 0 Å². The number of hydrogen-bond donors (Lipinski definition) is 1. The van der Waals surface area contributed by atoms with Crippen molar-refractivity contribution >= 4 is 10.0 Å². The first-order chi connectivity index (χ1) is 8.13. The average Bonchev–Trinajstić information content (AvgIpc) is 2.76. The van der Waals surface area contributed by atoms with Gasteiger partial charge in [0.05, 0.1) is 11.0 Å². The van der Waals surface area contributed by atoms with Gasteiger partial charge in [-0.1, -0.05) is 6.07 Å². The summed E-state index contributed by atoms with van der Waals surface area (Å²) in [6.45, 7) is 0.163. The summed E-state index contributed by atoms with van der Waals surface area (Å²) >= 11 is 0. The number of hydrogen-bond acceptors (Lipinski definition) is 3. The Labute approximate surface area is 101 Å². The van der Waals surface area contributed by atoms with E-state index in [0.717, 1.165) is 24.8 Å². The Morgan fingerprint density at radius 1 is 1.29 bits per heavy atom. The monoisotopic (exact) mass is 250 g/mol. The number of fused-ring (bicyclic) bond motifs is 1. The van der Waals surface area contributed by atoms with Gasteiger partial charge in [0.25, 0.3) is 0 Å². The molecule has 0 saturated carbocycles. The first-order valence-electron chi connectivity index (χ1n) is 5.62. The fourth-order valence-electron chi connectivity index (χ4n) is 2.04. The van der Waals surface area contributed by atoms with Crippen molar-refractivity contribution in [1.82, 2.24) is 4.72 Å². The zero-order valence-corrected chi connectivity index (χ0v) is 10.3. The molecule has 2 rings (SSSR count). The van der Waals surface area contributed by atoms with E-state index < -0.39 is 10.0 Å². The van der Waals surface area contributed by atoms with E-state index in [1.54, 1.807) is 12.1 Å². The van der Waals surface area contributed by atoms with E-state index in [1.807, 2.05) is 12.1 Å². The molecule has 0 heterocycles. The van der Waals surface area contributed by atoms with Crippen molar-refractivity contribution in [3.63, 3.8) is 0 Å². The number of sulfonamides is 1. The van der Waals surface area contributed by atoms with Gasteiger partial charge in [-0.25, -0.2) is 13.1 Å². The molecule has 0 radical (unpaired) electrons. The normalized spacial score (nSPS) is 14.3. The van der Waals surface area contributed by atoms with Crippen molar-refractivity contribution in [2.75, 3.05) is 6.54 Å². The lowest BCUT2D eigenvalue weighted by atomic mass is 10.1. The molecular formula is C12H14N2O2S. The summed E-state index contributed by atoms with van der Waals surface area (Å²) in [7, 11) is -3.46. The van der Waals surface area contributed by atoms with E-state index in [1.165, 1.54) is 5.56 Å². The minimum absolute atomic E-state index is 0.163. The minimum Gasteiger partial charge on any atom is -0.210 e. The van der Waals surface area contributed by atoms with Gasteiger partial charge in [0, 0.05) is 13.0 Å². The summed E-state index contributed by atoms with van der Waals surface area (Å²) in [5.41, 5.74) is 2.38. The summed E-state index contributed by atoms with van der Waals surface area (Å²) in [4.78, 5) is 0.302. The first kappa shape index (κ1) is 12.1. The smallest absolute Gasteiger partial charge is 0.210 e. The second kappa shape index (κ2) is 4.86. The lowest BCUT2D eigenvalue weighted by Gasteiger charge is -2.07. The largest absolute Gasteiger partial charge is 0.240 e. The highest BCUT2D eigenvalue weighted by atomic mass is 32.2. The molecule has 0 amide bonds. The number of benzene rings is 1. The lowest BCUT2D eigenvalue weighted by Crippen LogP contribution is -2.24. The molecule has 1 aromatic rings. The molecule has 0 bridgehead atoms. The molecule has 0 atom stereocenters. The number of nitriles is 1. The van der Waals surface area contributed by atoms with Gasteiger partial charge in [0.2, 0.25) is 10.0 Å². The van der Waals surface area contributed by atoms with Gasteiger partial charge in [-0.2, -0.15) is 5.26 Å². The standard InChI is InChI=1S/C12H14N2O2S/c13-7-2-8-14-17(15,16)12-6-5-10-3-1-4-11(10)9-12/h5-6,9,14H,1-4,8H2. The van der Waals surface area contributed by atoms with Gasteiger partial charge in [-0.3, -0.25) is 0 Å². The molecule has 4 nitrogen and oxygen atoms in total. The maximum atomic E-state index is 11.9. The predicted octanol–water partition coefficient (Wildman–Crippen LogP) is 1.37. The third-order valence-corrected chi connectivity index (χ3v) is 4.37. The van der Waals surface area contributed by atoms with Crippen LogP contribution in [0, 0.1) is 11.3 Å². The van der Waals surface area contributed by atoms with Crippen molar-refractivity contribution in [3.05, 3.63) is 29.3 Å². The molecule has 0 aliphatic heterocycles. The van der Waals surface area contributed by atoms with Crippen LogP contribution in [-0.4, -0.2) is 15.0 Å². The quantitative estimate of drug-likeness (QED) is 0.820. The number of nitrogens with one attached hydrogen (secondary N) is 1. The second-order valence-corrected chi connectivity index (χ2v) is 5.86. The third-order valence-electron chi connectivity index (χ3n) is 2.91. The van der Waals surface area contributed by atoms with Crippen LogP contribution >= 0.6 is 0 Å². The van der Waals surface area contributed by atoms with Crippen LogP contribution in [0.25, 0.3) is 0 Å². The van der Waals surface area contributed by atoms with Gasteiger partial charge in [0.1, 0.15) is 0 Å². The van der Waals surface area contributed by atoms with Crippen LogP contribution < -0.4 is 4.72 Å². The minimum atomic E-state index is -3.46. The number of rotatable bonds is 4. The van der Waals surface area contributed by atoms with Gasteiger partial charge in [-0.15, -0.1) is 0 Å². The molecule has 90 valence electrons. The van der Waals surface area contributed by atoms with Crippen molar-refractivity contribution in [3.8, 4) is 6.07 Å². The van der Waals surface area contributed by atoms with Crippen LogP contribution in [0.4, 0.5) is 0 Å². The topological polar surface area (TPSA) is 70.0 Å². The lowest BCUT2D eigenvalue weighted by molar-refractivity contribution is 0.582. The Balaban J connectivity index is 2.19. The highest BCUT2D eigenvalue weighted by Crippen LogP contribution is 2.24. The van der Waals surface area contributed by atoms with Crippen LogP contribution in [0.2, 0.25) is 0 Å². The van der Waals surface area contributed by atoms with Crippen molar-refractivity contribution < 1.29 is 8.42 Å². The molecule has 0 spiro atoms. The highest BCUT2D eigenvalue weighted by Gasteiger charge is 2.17. The van der Waals surface area contributed by atoms with Crippen LogP contribution in [0.3, 0.4) is 0 Å². The van der Waals surface area contributed by atoms with Crippen molar-refractivity contribution in [2.24, 2.45) is 0 Å². The average molecular weight is 250 g/mol. The summed E-state index contributed by atoms with van der Waals surface area (Å²) in [6, 6.07) is 7.18. The number of aryl methyl sites for hydroxylation is 2. The molecule has 5 heteroatoms. The molecule has 17 heavy (non-hydrogen) atoms. The van der Waals surface area contributed by atoms with E-state index in [2.05, 4.69) is 4.72 Å². The molecular weight excluding hydrogens is 236 g/mol. The molecule has 0 fully saturated rings. The van der Waals surface area contributed by atoms with Gasteiger partial charge in [0.15, 0.2) is 0 Å². The van der Waals surface area contributed by atoms with Crippen molar-refractivity contribution in [2.45, 2.75) is 30.6 Å². The van der Waals surface area contributed by atoms with E-state index in [0.29, 0.717) is 4.90 Å². The Morgan fingerprint density at radius 2 is 2.06 bits per heavy atom. The fraction of sp³-hybridized carbons (Fsp3) is 0.417. The summed E-state index contributed by atoms with van der Waals surface area (Å²) in [5, 5.41) is 8.38. The summed E-state index contributed by atoms with van der Waals surface area (Å²) < 4.78 is 26.2. The zero-order chi connectivity index (χ0) is 12.3. The molecule has 0 saturated heterocycles. The Hall–Kier alpha value is -1.38. The summed E-state index contributed by atoms with van der Waals surface area (Å²) in [5.74, 6) is 0. The molecule has 0 unspecified atom stereocenters. The summed E-state index contributed by atoms with van der Waals surface area (Å²) in [6.07, 6.45) is 3.28. The molecule has 1 aliphatic carbocycles. The predicted molar refractivity (Wildman–Crippen MR) is 63.9 cm³/mol.